The number of hydrogen-bond donors (Lipinski definition) is 1. The Hall–Kier alpha value is -1.75. The van der Waals surface area contributed by atoms with Gasteiger partial charge in [-0.3, -0.25) is 9.69 Å². The zero-order valence-electron chi connectivity index (χ0n) is 12.0. The van der Waals surface area contributed by atoms with E-state index in [9.17, 15) is 9.59 Å². The molecule has 2 rings (SSSR count). The van der Waals surface area contributed by atoms with E-state index in [1.54, 1.807) is 29.2 Å². The Labute approximate surface area is 129 Å². The van der Waals surface area contributed by atoms with E-state index in [1.807, 2.05) is 6.92 Å². The number of carboxylic acid groups (broad SMARTS) is 1. The summed E-state index contributed by atoms with van der Waals surface area (Å²) in [5.74, 6) is -1.05. The summed E-state index contributed by atoms with van der Waals surface area (Å²) in [4.78, 5) is 26.8. The van der Waals surface area contributed by atoms with Crippen LogP contribution in [0.2, 0.25) is 5.02 Å². The fourth-order valence-electron chi connectivity index (χ4n) is 2.72. The van der Waals surface area contributed by atoms with Crippen molar-refractivity contribution in [2.75, 3.05) is 18.0 Å². The number of likely N-dealkylation sites (tertiary alicyclic amines) is 1. The number of carboxylic acids is 1. The number of carbonyl (C=O) groups is 2. The van der Waals surface area contributed by atoms with Crippen LogP contribution in [-0.2, 0) is 4.79 Å². The van der Waals surface area contributed by atoms with Crippen molar-refractivity contribution >= 4 is 29.3 Å². The molecule has 5 nitrogen and oxygen atoms in total. The van der Waals surface area contributed by atoms with Gasteiger partial charge in [-0.2, -0.15) is 0 Å². The first-order valence-electron chi connectivity index (χ1n) is 7.08. The molecule has 21 heavy (non-hydrogen) atoms. The number of halogens is 1. The topological polar surface area (TPSA) is 60.9 Å². The molecule has 1 fully saturated rings. The molecular formula is C15H19ClN2O3. The molecule has 1 aromatic rings. The van der Waals surface area contributed by atoms with Crippen LogP contribution in [0.25, 0.3) is 0 Å². The molecule has 1 aromatic carbocycles. The Morgan fingerprint density at radius 1 is 1.48 bits per heavy atom. The minimum Gasteiger partial charge on any atom is -0.480 e. The number of urea groups is 1. The van der Waals surface area contributed by atoms with E-state index >= 15 is 0 Å². The molecule has 1 atom stereocenters. The molecule has 6 heteroatoms. The van der Waals surface area contributed by atoms with Crippen molar-refractivity contribution in [3.63, 3.8) is 0 Å². The van der Waals surface area contributed by atoms with Gasteiger partial charge in [0.05, 0.1) is 0 Å². The molecule has 114 valence electrons. The molecule has 1 N–H and O–H groups in total. The minimum atomic E-state index is -1.05. The summed E-state index contributed by atoms with van der Waals surface area (Å²) >= 11 is 5.95. The third kappa shape index (κ3) is 3.67. The molecule has 1 aliphatic heterocycles. The Kier molecular flexibility index (Phi) is 5.07. The third-order valence-electron chi connectivity index (χ3n) is 3.74. The van der Waals surface area contributed by atoms with E-state index < -0.39 is 5.97 Å². The number of carbonyl (C=O) groups excluding carboxylic acids is 1. The van der Waals surface area contributed by atoms with Crippen molar-refractivity contribution in [1.29, 1.82) is 0 Å². The summed E-state index contributed by atoms with van der Waals surface area (Å²) < 4.78 is 0. The lowest BCUT2D eigenvalue weighted by Crippen LogP contribution is -2.47. The van der Waals surface area contributed by atoms with E-state index in [1.165, 1.54) is 4.90 Å². The first-order valence-corrected chi connectivity index (χ1v) is 7.46. The van der Waals surface area contributed by atoms with Crippen LogP contribution in [0.15, 0.2) is 24.3 Å². The standard InChI is InChI=1S/C15H19ClN2O3/c1-2-12-7-4-8-17(12)15(21)18(10-14(19)20)13-6-3-5-11(16)9-13/h3,5-6,9,12H,2,4,7-8,10H2,1H3,(H,19,20). The highest BCUT2D eigenvalue weighted by molar-refractivity contribution is 6.30. The number of amides is 2. The van der Waals surface area contributed by atoms with Crippen molar-refractivity contribution in [2.24, 2.45) is 0 Å². The summed E-state index contributed by atoms with van der Waals surface area (Å²) in [5, 5.41) is 9.56. The van der Waals surface area contributed by atoms with E-state index in [2.05, 4.69) is 0 Å². The summed E-state index contributed by atoms with van der Waals surface area (Å²) in [6.45, 7) is 2.34. The van der Waals surface area contributed by atoms with Crippen LogP contribution in [0.5, 0.6) is 0 Å². The third-order valence-corrected chi connectivity index (χ3v) is 3.97. The zero-order chi connectivity index (χ0) is 15.4. The molecular weight excluding hydrogens is 292 g/mol. The molecule has 0 aliphatic carbocycles. The van der Waals surface area contributed by atoms with Crippen molar-refractivity contribution in [3.8, 4) is 0 Å². The van der Waals surface area contributed by atoms with Gasteiger partial charge in [0.2, 0.25) is 0 Å². The second-order valence-electron chi connectivity index (χ2n) is 5.14. The highest BCUT2D eigenvalue weighted by Gasteiger charge is 2.32. The fraction of sp³-hybridized carbons (Fsp3) is 0.467. The number of benzene rings is 1. The molecule has 0 bridgehead atoms. The summed E-state index contributed by atoms with van der Waals surface area (Å²) in [6, 6.07) is 6.64. The molecule has 0 aromatic heterocycles. The Bertz CT molecular complexity index is 535. The second kappa shape index (κ2) is 6.80. The average Bonchev–Trinajstić information content (AvgIpc) is 2.92. The van der Waals surface area contributed by atoms with Crippen LogP contribution in [0.1, 0.15) is 26.2 Å². The lowest BCUT2D eigenvalue weighted by Gasteiger charge is -2.30. The van der Waals surface area contributed by atoms with Gasteiger partial charge < -0.3 is 10.0 Å². The average molecular weight is 311 g/mol. The normalized spacial score (nSPS) is 17.8. The lowest BCUT2D eigenvalue weighted by atomic mass is 10.2. The summed E-state index contributed by atoms with van der Waals surface area (Å²) in [6.07, 6.45) is 2.81. The van der Waals surface area contributed by atoms with Gasteiger partial charge in [-0.25, -0.2) is 4.79 Å². The van der Waals surface area contributed by atoms with Gasteiger partial charge in [0.1, 0.15) is 6.54 Å². The molecule has 1 heterocycles. The molecule has 1 unspecified atom stereocenters. The molecule has 1 saturated heterocycles. The highest BCUT2D eigenvalue weighted by Crippen LogP contribution is 2.25. The van der Waals surface area contributed by atoms with Gasteiger partial charge in [0, 0.05) is 23.3 Å². The number of aliphatic carboxylic acids is 1. The maximum absolute atomic E-state index is 12.7. The molecule has 2 amide bonds. The maximum atomic E-state index is 12.7. The molecule has 0 spiro atoms. The zero-order valence-corrected chi connectivity index (χ0v) is 12.7. The summed E-state index contributed by atoms with van der Waals surface area (Å²) in [7, 11) is 0. The fourth-order valence-corrected chi connectivity index (χ4v) is 2.90. The van der Waals surface area contributed by atoms with Gasteiger partial charge in [-0.05, 0) is 37.5 Å². The molecule has 0 radical (unpaired) electrons. The van der Waals surface area contributed by atoms with Gasteiger partial charge >= 0.3 is 12.0 Å². The van der Waals surface area contributed by atoms with Crippen molar-refractivity contribution < 1.29 is 14.7 Å². The number of rotatable bonds is 4. The van der Waals surface area contributed by atoms with Gasteiger partial charge in [-0.15, -0.1) is 0 Å². The summed E-state index contributed by atoms with van der Waals surface area (Å²) in [5.41, 5.74) is 0.511. The maximum Gasteiger partial charge on any atom is 0.325 e. The van der Waals surface area contributed by atoms with Crippen LogP contribution in [-0.4, -0.2) is 41.1 Å². The van der Waals surface area contributed by atoms with Gasteiger partial charge in [-0.1, -0.05) is 24.6 Å². The Morgan fingerprint density at radius 3 is 2.86 bits per heavy atom. The van der Waals surface area contributed by atoms with Crippen LogP contribution in [0, 0.1) is 0 Å². The molecule has 0 saturated carbocycles. The first-order chi connectivity index (χ1) is 10.0. The number of anilines is 1. The number of hydrogen-bond acceptors (Lipinski definition) is 2. The smallest absolute Gasteiger partial charge is 0.325 e. The Morgan fingerprint density at radius 2 is 2.24 bits per heavy atom. The van der Waals surface area contributed by atoms with Gasteiger partial charge in [0.15, 0.2) is 0 Å². The van der Waals surface area contributed by atoms with Crippen molar-refractivity contribution in [1.82, 2.24) is 4.90 Å². The highest BCUT2D eigenvalue weighted by atomic mass is 35.5. The van der Waals surface area contributed by atoms with E-state index in [-0.39, 0.29) is 18.6 Å². The van der Waals surface area contributed by atoms with Gasteiger partial charge in [0.25, 0.3) is 0 Å². The number of nitrogens with zero attached hydrogens (tertiary/aromatic N) is 2. The van der Waals surface area contributed by atoms with Crippen LogP contribution in [0.4, 0.5) is 10.5 Å². The predicted octanol–water partition coefficient (Wildman–Crippen LogP) is 3.23. The minimum absolute atomic E-state index is 0.188. The second-order valence-corrected chi connectivity index (χ2v) is 5.58. The largest absolute Gasteiger partial charge is 0.480 e. The van der Waals surface area contributed by atoms with Crippen LogP contribution >= 0.6 is 11.6 Å². The Balaban J connectivity index is 2.27. The quantitative estimate of drug-likeness (QED) is 0.928. The SMILES string of the molecule is CCC1CCCN1C(=O)N(CC(=O)O)c1cccc(Cl)c1. The van der Waals surface area contributed by atoms with Crippen molar-refractivity contribution in [3.05, 3.63) is 29.3 Å². The molecule has 1 aliphatic rings. The van der Waals surface area contributed by atoms with Crippen LogP contribution in [0.3, 0.4) is 0 Å². The lowest BCUT2D eigenvalue weighted by molar-refractivity contribution is -0.135. The predicted molar refractivity (Wildman–Crippen MR) is 81.8 cm³/mol. The van der Waals surface area contributed by atoms with E-state index in [4.69, 9.17) is 16.7 Å². The van der Waals surface area contributed by atoms with Crippen LogP contribution < -0.4 is 4.90 Å². The van der Waals surface area contributed by atoms with Crippen molar-refractivity contribution in [2.45, 2.75) is 32.2 Å². The first kappa shape index (κ1) is 15.6. The van der Waals surface area contributed by atoms with E-state index in [0.717, 1.165) is 19.3 Å². The van der Waals surface area contributed by atoms with E-state index in [0.29, 0.717) is 17.3 Å². The monoisotopic (exact) mass is 310 g/mol.